The van der Waals surface area contributed by atoms with Gasteiger partial charge >= 0.3 is 0 Å². The number of nitrogens with zero attached hydrogens (tertiary/aromatic N) is 2. The van der Waals surface area contributed by atoms with E-state index < -0.39 is 0 Å². The molecular formula is C16H18ClN3O2. The number of hydrogen-bond donors (Lipinski definition) is 1. The molecule has 116 valence electrons. The minimum atomic E-state index is -0.202. The molecule has 3 rings (SSSR count). The molecular weight excluding hydrogens is 302 g/mol. The van der Waals surface area contributed by atoms with Crippen molar-refractivity contribution in [2.24, 2.45) is 0 Å². The first kappa shape index (κ1) is 14.9. The van der Waals surface area contributed by atoms with E-state index in [1.54, 1.807) is 12.1 Å². The number of carbonyl (C=O) groups excluding carboxylic acids is 1. The maximum atomic E-state index is 12.2. The van der Waals surface area contributed by atoms with Crippen LogP contribution in [0.4, 0.5) is 11.4 Å². The largest absolute Gasteiger partial charge is 0.472 e. The molecule has 0 bridgehead atoms. The molecule has 22 heavy (non-hydrogen) atoms. The molecule has 1 N–H and O–H groups in total. The summed E-state index contributed by atoms with van der Waals surface area (Å²) in [4.78, 5) is 16.8. The van der Waals surface area contributed by atoms with Crippen LogP contribution in [0.5, 0.6) is 0 Å². The molecule has 0 unspecified atom stereocenters. The lowest BCUT2D eigenvalue weighted by atomic mass is 10.2. The standard InChI is InChI=1S/C16H18ClN3O2/c1-19-5-7-20(8-6-19)15-3-2-13(17)10-14(15)18-16(21)12-4-9-22-11-12/h2-4,9-11H,5-8H2,1H3,(H,18,21). The highest BCUT2D eigenvalue weighted by Crippen LogP contribution is 2.30. The van der Waals surface area contributed by atoms with Crippen LogP contribution < -0.4 is 10.2 Å². The van der Waals surface area contributed by atoms with Crippen molar-refractivity contribution < 1.29 is 9.21 Å². The fourth-order valence-corrected chi connectivity index (χ4v) is 2.69. The van der Waals surface area contributed by atoms with Gasteiger partial charge in [-0.2, -0.15) is 0 Å². The number of halogens is 1. The zero-order chi connectivity index (χ0) is 15.5. The van der Waals surface area contributed by atoms with Crippen LogP contribution in [0.15, 0.2) is 41.2 Å². The van der Waals surface area contributed by atoms with Gasteiger partial charge in [-0.05, 0) is 31.3 Å². The number of hydrogen-bond acceptors (Lipinski definition) is 4. The molecule has 1 aromatic carbocycles. The second-order valence-corrected chi connectivity index (χ2v) is 5.85. The minimum Gasteiger partial charge on any atom is -0.472 e. The van der Waals surface area contributed by atoms with Gasteiger partial charge in [0.05, 0.1) is 23.2 Å². The fourth-order valence-electron chi connectivity index (χ4n) is 2.52. The average Bonchev–Trinajstić information content (AvgIpc) is 3.03. The number of nitrogens with one attached hydrogen (secondary N) is 1. The van der Waals surface area contributed by atoms with Crippen LogP contribution in [0.25, 0.3) is 0 Å². The van der Waals surface area contributed by atoms with Crippen LogP contribution in [0.1, 0.15) is 10.4 Å². The summed E-state index contributed by atoms with van der Waals surface area (Å²) < 4.78 is 4.95. The van der Waals surface area contributed by atoms with Crippen molar-refractivity contribution in [2.75, 3.05) is 43.4 Å². The molecule has 1 saturated heterocycles. The molecule has 0 radical (unpaired) electrons. The Kier molecular flexibility index (Phi) is 4.36. The molecule has 1 aliphatic rings. The SMILES string of the molecule is CN1CCN(c2ccc(Cl)cc2NC(=O)c2ccoc2)CC1. The molecule has 5 nitrogen and oxygen atoms in total. The molecule has 1 amide bonds. The predicted octanol–water partition coefficient (Wildman–Crippen LogP) is 2.94. The number of furan rings is 1. The van der Waals surface area contributed by atoms with Crippen molar-refractivity contribution in [1.82, 2.24) is 4.90 Å². The zero-order valence-electron chi connectivity index (χ0n) is 12.4. The molecule has 6 heteroatoms. The summed E-state index contributed by atoms with van der Waals surface area (Å²) in [6.45, 7) is 3.84. The van der Waals surface area contributed by atoms with E-state index in [0.717, 1.165) is 37.6 Å². The summed E-state index contributed by atoms with van der Waals surface area (Å²) in [7, 11) is 2.11. The Hall–Kier alpha value is -1.98. The summed E-state index contributed by atoms with van der Waals surface area (Å²) in [5.41, 5.74) is 2.21. The van der Waals surface area contributed by atoms with Gasteiger partial charge in [-0.25, -0.2) is 0 Å². The molecule has 1 fully saturated rings. The lowest BCUT2D eigenvalue weighted by Gasteiger charge is -2.35. The van der Waals surface area contributed by atoms with E-state index in [9.17, 15) is 4.79 Å². The number of rotatable bonds is 3. The van der Waals surface area contributed by atoms with Crippen molar-refractivity contribution >= 4 is 28.9 Å². The Balaban J connectivity index is 1.83. The summed E-state index contributed by atoms with van der Waals surface area (Å²) in [6.07, 6.45) is 2.91. The van der Waals surface area contributed by atoms with Crippen LogP contribution in [-0.2, 0) is 0 Å². The van der Waals surface area contributed by atoms with Crippen LogP contribution in [0.2, 0.25) is 5.02 Å². The van der Waals surface area contributed by atoms with Crippen LogP contribution >= 0.6 is 11.6 Å². The van der Waals surface area contributed by atoms with Crippen molar-refractivity contribution in [3.8, 4) is 0 Å². The molecule has 1 aromatic heterocycles. The van der Waals surface area contributed by atoms with E-state index in [-0.39, 0.29) is 5.91 Å². The molecule has 1 aliphatic heterocycles. The van der Waals surface area contributed by atoms with E-state index in [1.807, 2.05) is 12.1 Å². The molecule has 0 aliphatic carbocycles. The number of likely N-dealkylation sites (N-methyl/N-ethyl adjacent to an activating group) is 1. The quantitative estimate of drug-likeness (QED) is 0.945. The smallest absolute Gasteiger partial charge is 0.258 e. The number of carbonyl (C=O) groups is 1. The summed E-state index contributed by atoms with van der Waals surface area (Å²) >= 11 is 6.09. The Morgan fingerprint density at radius 2 is 2.00 bits per heavy atom. The van der Waals surface area contributed by atoms with Crippen molar-refractivity contribution in [2.45, 2.75) is 0 Å². The molecule has 0 saturated carbocycles. The molecule has 2 heterocycles. The second kappa shape index (κ2) is 6.42. The minimum absolute atomic E-state index is 0.202. The Bertz CT molecular complexity index is 649. The zero-order valence-corrected chi connectivity index (χ0v) is 13.1. The topological polar surface area (TPSA) is 48.7 Å². The normalized spacial score (nSPS) is 15.8. The molecule has 0 spiro atoms. The van der Waals surface area contributed by atoms with Gasteiger partial charge in [0.1, 0.15) is 6.26 Å². The van der Waals surface area contributed by atoms with Gasteiger partial charge in [0, 0.05) is 31.2 Å². The third-order valence-electron chi connectivity index (χ3n) is 3.83. The van der Waals surface area contributed by atoms with Crippen molar-refractivity contribution in [3.05, 3.63) is 47.4 Å². The first-order valence-electron chi connectivity index (χ1n) is 7.20. The Morgan fingerprint density at radius 3 is 2.68 bits per heavy atom. The number of piperazine rings is 1. The predicted molar refractivity (Wildman–Crippen MR) is 87.8 cm³/mol. The Labute approximate surface area is 134 Å². The van der Waals surface area contributed by atoms with E-state index >= 15 is 0 Å². The number of amides is 1. The maximum Gasteiger partial charge on any atom is 0.258 e. The number of anilines is 2. The van der Waals surface area contributed by atoms with Crippen LogP contribution in [0, 0.1) is 0 Å². The van der Waals surface area contributed by atoms with Gasteiger partial charge in [-0.1, -0.05) is 11.6 Å². The van der Waals surface area contributed by atoms with Crippen LogP contribution in [-0.4, -0.2) is 44.0 Å². The lowest BCUT2D eigenvalue weighted by Crippen LogP contribution is -2.44. The summed E-state index contributed by atoms with van der Waals surface area (Å²) in [5.74, 6) is -0.202. The van der Waals surface area contributed by atoms with Gasteiger partial charge in [0.25, 0.3) is 5.91 Å². The second-order valence-electron chi connectivity index (χ2n) is 5.42. The highest BCUT2D eigenvalue weighted by Gasteiger charge is 2.19. The summed E-state index contributed by atoms with van der Waals surface area (Å²) in [5, 5.41) is 3.52. The summed E-state index contributed by atoms with van der Waals surface area (Å²) in [6, 6.07) is 7.23. The maximum absolute atomic E-state index is 12.2. The van der Waals surface area contributed by atoms with Gasteiger partial charge in [-0.15, -0.1) is 0 Å². The molecule has 0 atom stereocenters. The van der Waals surface area contributed by atoms with Crippen LogP contribution in [0.3, 0.4) is 0 Å². The highest BCUT2D eigenvalue weighted by molar-refractivity contribution is 6.31. The third kappa shape index (κ3) is 3.26. The van der Waals surface area contributed by atoms with Gasteiger partial charge < -0.3 is 19.5 Å². The van der Waals surface area contributed by atoms with E-state index in [1.165, 1.54) is 12.5 Å². The monoisotopic (exact) mass is 319 g/mol. The fraction of sp³-hybridized carbons (Fsp3) is 0.312. The van der Waals surface area contributed by atoms with Gasteiger partial charge in [0.2, 0.25) is 0 Å². The third-order valence-corrected chi connectivity index (χ3v) is 4.07. The highest BCUT2D eigenvalue weighted by atomic mass is 35.5. The van der Waals surface area contributed by atoms with Gasteiger partial charge in [-0.3, -0.25) is 4.79 Å². The first-order valence-corrected chi connectivity index (χ1v) is 7.58. The number of benzene rings is 1. The van der Waals surface area contributed by atoms with E-state index in [2.05, 4.69) is 22.2 Å². The van der Waals surface area contributed by atoms with Crippen molar-refractivity contribution in [3.63, 3.8) is 0 Å². The first-order chi connectivity index (χ1) is 10.6. The molecule has 2 aromatic rings. The van der Waals surface area contributed by atoms with E-state index in [0.29, 0.717) is 10.6 Å². The average molecular weight is 320 g/mol. The Morgan fingerprint density at radius 1 is 1.23 bits per heavy atom. The van der Waals surface area contributed by atoms with Gasteiger partial charge in [0.15, 0.2) is 0 Å². The van der Waals surface area contributed by atoms with E-state index in [4.69, 9.17) is 16.0 Å². The van der Waals surface area contributed by atoms with Crippen molar-refractivity contribution in [1.29, 1.82) is 0 Å². The lowest BCUT2D eigenvalue weighted by molar-refractivity contribution is 0.102.